The second-order valence-corrected chi connectivity index (χ2v) is 4.39. The van der Waals surface area contributed by atoms with E-state index in [-0.39, 0.29) is 17.8 Å². The molecular weight excluding hydrogens is 260 g/mol. The second-order valence-electron chi connectivity index (χ2n) is 4.39. The minimum absolute atomic E-state index is 0.0735. The summed E-state index contributed by atoms with van der Waals surface area (Å²) in [5.74, 6) is -0.653. The van der Waals surface area contributed by atoms with E-state index in [1.165, 1.54) is 4.52 Å². The average molecular weight is 272 g/mol. The van der Waals surface area contributed by atoms with Crippen LogP contribution in [-0.4, -0.2) is 32.4 Å². The molecule has 0 atom stereocenters. The van der Waals surface area contributed by atoms with Gasteiger partial charge in [-0.05, 0) is 31.5 Å². The Hall–Kier alpha value is -2.70. The van der Waals surface area contributed by atoms with E-state index in [9.17, 15) is 9.59 Å². The number of benzene rings is 1. The lowest BCUT2D eigenvalue weighted by Gasteiger charge is -2.02. The summed E-state index contributed by atoms with van der Waals surface area (Å²) in [5.41, 5.74) is 1.93. The molecule has 0 fully saturated rings. The number of aromatic nitrogens is 4. The number of esters is 1. The fourth-order valence-corrected chi connectivity index (χ4v) is 2.11. The molecule has 0 amide bonds. The summed E-state index contributed by atoms with van der Waals surface area (Å²) in [4.78, 5) is 26.6. The van der Waals surface area contributed by atoms with Gasteiger partial charge in [0.2, 0.25) is 5.69 Å². The highest BCUT2D eigenvalue weighted by Gasteiger charge is 2.20. The SMILES string of the molecule is CCOC(=O)c1nnn2c1c(=O)[nH]c1cc(C)ccc12. The van der Waals surface area contributed by atoms with Crippen molar-refractivity contribution in [2.24, 2.45) is 0 Å². The van der Waals surface area contributed by atoms with Crippen molar-refractivity contribution in [2.45, 2.75) is 13.8 Å². The van der Waals surface area contributed by atoms with Crippen LogP contribution in [0.3, 0.4) is 0 Å². The summed E-state index contributed by atoms with van der Waals surface area (Å²) in [6.45, 7) is 3.82. The summed E-state index contributed by atoms with van der Waals surface area (Å²) in [6, 6.07) is 5.55. The maximum Gasteiger partial charge on any atom is 0.361 e. The molecule has 0 spiro atoms. The number of H-pyrrole nitrogens is 1. The molecule has 0 saturated carbocycles. The van der Waals surface area contributed by atoms with E-state index in [0.717, 1.165) is 5.56 Å². The van der Waals surface area contributed by atoms with Crippen LogP contribution in [0.2, 0.25) is 0 Å². The summed E-state index contributed by atoms with van der Waals surface area (Å²) < 4.78 is 6.23. The van der Waals surface area contributed by atoms with Crippen molar-refractivity contribution in [3.63, 3.8) is 0 Å². The highest BCUT2D eigenvalue weighted by Crippen LogP contribution is 2.14. The summed E-state index contributed by atoms with van der Waals surface area (Å²) in [5, 5.41) is 7.65. The Bertz CT molecular complexity index is 878. The Morgan fingerprint density at radius 2 is 2.25 bits per heavy atom. The van der Waals surface area contributed by atoms with E-state index in [1.807, 2.05) is 25.1 Å². The monoisotopic (exact) mass is 272 g/mol. The molecule has 1 N–H and O–H groups in total. The van der Waals surface area contributed by atoms with Crippen LogP contribution in [-0.2, 0) is 4.74 Å². The van der Waals surface area contributed by atoms with Gasteiger partial charge in [-0.25, -0.2) is 9.31 Å². The maximum atomic E-state index is 12.1. The third kappa shape index (κ3) is 1.75. The Morgan fingerprint density at radius 3 is 3.00 bits per heavy atom. The van der Waals surface area contributed by atoms with Crippen LogP contribution in [0.4, 0.5) is 0 Å². The Labute approximate surface area is 113 Å². The molecule has 0 radical (unpaired) electrons. The fraction of sp³-hybridized carbons (Fsp3) is 0.231. The summed E-state index contributed by atoms with van der Waals surface area (Å²) in [6.07, 6.45) is 0. The molecule has 102 valence electrons. The number of aromatic amines is 1. The first-order chi connectivity index (χ1) is 9.61. The number of carbonyl (C=O) groups excluding carboxylic acids is 1. The zero-order valence-electron chi connectivity index (χ0n) is 11.0. The molecular formula is C13H12N4O3. The van der Waals surface area contributed by atoms with Crippen molar-refractivity contribution in [3.8, 4) is 0 Å². The molecule has 7 heteroatoms. The zero-order chi connectivity index (χ0) is 14.3. The van der Waals surface area contributed by atoms with Crippen molar-refractivity contribution in [2.75, 3.05) is 6.61 Å². The molecule has 0 aliphatic carbocycles. The number of nitrogens with one attached hydrogen (secondary N) is 1. The first-order valence-electron chi connectivity index (χ1n) is 6.17. The molecule has 2 aromatic heterocycles. The van der Waals surface area contributed by atoms with Crippen molar-refractivity contribution in [1.29, 1.82) is 0 Å². The number of nitrogens with zero attached hydrogens (tertiary/aromatic N) is 3. The Kier molecular flexibility index (Phi) is 2.74. The van der Waals surface area contributed by atoms with Crippen LogP contribution in [0.5, 0.6) is 0 Å². The fourth-order valence-electron chi connectivity index (χ4n) is 2.11. The second kappa shape index (κ2) is 4.44. The van der Waals surface area contributed by atoms with Crippen molar-refractivity contribution < 1.29 is 9.53 Å². The van der Waals surface area contributed by atoms with Crippen molar-refractivity contribution in [3.05, 3.63) is 39.8 Å². The van der Waals surface area contributed by atoms with Gasteiger partial charge in [-0.3, -0.25) is 4.79 Å². The predicted molar refractivity (Wildman–Crippen MR) is 71.8 cm³/mol. The van der Waals surface area contributed by atoms with Crippen LogP contribution in [0.25, 0.3) is 16.6 Å². The van der Waals surface area contributed by atoms with Gasteiger partial charge < -0.3 is 9.72 Å². The lowest BCUT2D eigenvalue weighted by atomic mass is 10.2. The molecule has 0 saturated heterocycles. The van der Waals surface area contributed by atoms with E-state index >= 15 is 0 Å². The third-order valence-electron chi connectivity index (χ3n) is 2.98. The molecule has 20 heavy (non-hydrogen) atoms. The number of ether oxygens (including phenoxy) is 1. The van der Waals surface area contributed by atoms with Gasteiger partial charge in [0.15, 0.2) is 5.52 Å². The summed E-state index contributed by atoms with van der Waals surface area (Å²) in [7, 11) is 0. The Balaban J connectivity index is 2.37. The van der Waals surface area contributed by atoms with Gasteiger partial charge in [0.05, 0.1) is 17.6 Å². The lowest BCUT2D eigenvalue weighted by Crippen LogP contribution is -2.15. The van der Waals surface area contributed by atoms with Crippen LogP contribution in [0, 0.1) is 6.92 Å². The van der Waals surface area contributed by atoms with Crippen LogP contribution < -0.4 is 5.56 Å². The van der Waals surface area contributed by atoms with Crippen molar-refractivity contribution in [1.82, 2.24) is 19.8 Å². The first kappa shape index (κ1) is 12.3. The lowest BCUT2D eigenvalue weighted by molar-refractivity contribution is 0.0521. The minimum atomic E-state index is -0.653. The number of hydrogen-bond donors (Lipinski definition) is 1. The smallest absolute Gasteiger partial charge is 0.361 e. The van der Waals surface area contributed by atoms with E-state index < -0.39 is 11.5 Å². The summed E-state index contributed by atoms with van der Waals surface area (Å²) >= 11 is 0. The molecule has 0 unspecified atom stereocenters. The highest BCUT2D eigenvalue weighted by molar-refractivity contribution is 5.95. The van der Waals surface area contributed by atoms with Gasteiger partial charge in [-0.1, -0.05) is 11.3 Å². The molecule has 3 rings (SSSR count). The van der Waals surface area contributed by atoms with E-state index in [2.05, 4.69) is 15.3 Å². The standard InChI is InChI=1S/C13H12N4O3/c1-3-20-13(19)10-11-12(18)14-8-6-7(2)4-5-9(8)17(11)16-15-10/h4-6H,3H2,1-2H3,(H,14,18). The quantitative estimate of drug-likeness (QED) is 0.704. The number of hydrogen-bond acceptors (Lipinski definition) is 5. The number of fused-ring (bicyclic) bond motifs is 3. The maximum absolute atomic E-state index is 12.1. The van der Waals surface area contributed by atoms with Gasteiger partial charge in [-0.2, -0.15) is 0 Å². The topological polar surface area (TPSA) is 89.3 Å². The molecule has 0 bridgehead atoms. The zero-order valence-corrected chi connectivity index (χ0v) is 11.0. The predicted octanol–water partition coefficient (Wildman–Crippen LogP) is 1.06. The first-order valence-corrected chi connectivity index (χ1v) is 6.17. The van der Waals surface area contributed by atoms with Gasteiger partial charge in [0.1, 0.15) is 0 Å². The number of carbonyl (C=O) groups is 1. The number of rotatable bonds is 2. The van der Waals surface area contributed by atoms with E-state index in [0.29, 0.717) is 11.0 Å². The van der Waals surface area contributed by atoms with Gasteiger partial charge >= 0.3 is 5.97 Å². The third-order valence-corrected chi connectivity index (χ3v) is 2.98. The normalized spacial score (nSPS) is 11.1. The van der Waals surface area contributed by atoms with E-state index in [4.69, 9.17) is 4.74 Å². The molecule has 7 nitrogen and oxygen atoms in total. The molecule has 0 aliphatic rings. The minimum Gasteiger partial charge on any atom is -0.461 e. The molecule has 1 aromatic carbocycles. The van der Waals surface area contributed by atoms with Gasteiger partial charge in [-0.15, -0.1) is 5.10 Å². The largest absolute Gasteiger partial charge is 0.461 e. The van der Waals surface area contributed by atoms with E-state index in [1.54, 1.807) is 6.92 Å². The van der Waals surface area contributed by atoms with Crippen LogP contribution >= 0.6 is 0 Å². The van der Waals surface area contributed by atoms with Crippen molar-refractivity contribution >= 4 is 22.5 Å². The Morgan fingerprint density at radius 1 is 1.45 bits per heavy atom. The van der Waals surface area contributed by atoms with Gasteiger partial charge in [0.25, 0.3) is 5.56 Å². The highest BCUT2D eigenvalue weighted by atomic mass is 16.5. The molecule has 2 heterocycles. The molecule has 3 aromatic rings. The van der Waals surface area contributed by atoms with Crippen LogP contribution in [0.15, 0.2) is 23.0 Å². The molecule has 0 aliphatic heterocycles. The average Bonchev–Trinajstić information content (AvgIpc) is 2.84. The van der Waals surface area contributed by atoms with Crippen LogP contribution in [0.1, 0.15) is 23.0 Å². The number of aryl methyl sites for hydroxylation is 1. The van der Waals surface area contributed by atoms with Gasteiger partial charge in [0, 0.05) is 0 Å².